The third-order valence-corrected chi connectivity index (χ3v) is 3.74. The van der Waals surface area contributed by atoms with Gasteiger partial charge in [0, 0.05) is 10.8 Å². The van der Waals surface area contributed by atoms with E-state index < -0.39 is 0 Å². The molecule has 1 aromatic rings. The van der Waals surface area contributed by atoms with Gasteiger partial charge in [-0.2, -0.15) is 0 Å². The van der Waals surface area contributed by atoms with Crippen LogP contribution in [0, 0.1) is 0 Å². The molecule has 1 aromatic heterocycles. The summed E-state index contributed by atoms with van der Waals surface area (Å²) in [5, 5.41) is 0. The Balaban J connectivity index is 2.40. The zero-order valence-corrected chi connectivity index (χ0v) is 8.97. The molecule has 0 aromatic carbocycles. The Morgan fingerprint density at radius 2 is 2.31 bits per heavy atom. The molecule has 0 amide bonds. The molecule has 0 spiro atoms. The summed E-state index contributed by atoms with van der Waals surface area (Å²) in [6.45, 7) is 4.54. The van der Waals surface area contributed by atoms with Crippen molar-refractivity contribution in [1.82, 2.24) is 4.98 Å². The van der Waals surface area contributed by atoms with Crippen LogP contribution < -0.4 is 0 Å². The van der Waals surface area contributed by atoms with Crippen LogP contribution >= 0.6 is 11.3 Å². The first kappa shape index (κ1) is 8.95. The Morgan fingerprint density at radius 1 is 1.46 bits per heavy atom. The van der Waals surface area contributed by atoms with Crippen LogP contribution in [-0.4, -0.2) is 4.98 Å². The van der Waals surface area contributed by atoms with E-state index in [0.29, 0.717) is 11.8 Å². The van der Waals surface area contributed by atoms with Crippen molar-refractivity contribution < 1.29 is 0 Å². The van der Waals surface area contributed by atoms with Crippen LogP contribution in [-0.2, 0) is 0 Å². The predicted octanol–water partition coefficient (Wildman–Crippen LogP) is 3.70. The highest BCUT2D eigenvalue weighted by atomic mass is 32.1. The van der Waals surface area contributed by atoms with Crippen molar-refractivity contribution in [2.45, 2.75) is 38.5 Å². The minimum Gasteiger partial charge on any atom is -0.249 e. The van der Waals surface area contributed by atoms with Gasteiger partial charge in [0.05, 0.1) is 11.2 Å². The molecular weight excluding hydrogens is 178 g/mol. The lowest BCUT2D eigenvalue weighted by Gasteiger charge is -2.15. The summed E-state index contributed by atoms with van der Waals surface area (Å²) in [6, 6.07) is 0. The molecule has 70 valence electrons. The van der Waals surface area contributed by atoms with Gasteiger partial charge in [0.2, 0.25) is 0 Å². The summed E-state index contributed by atoms with van der Waals surface area (Å²) >= 11 is 1.80. The van der Waals surface area contributed by atoms with E-state index in [1.54, 1.807) is 11.3 Å². The highest BCUT2D eigenvalue weighted by Gasteiger charge is 2.18. The van der Waals surface area contributed by atoms with Gasteiger partial charge in [-0.3, -0.25) is 0 Å². The number of rotatable bonds is 0. The normalized spacial score (nSPS) is 30.3. The number of aromatic nitrogens is 1. The van der Waals surface area contributed by atoms with Gasteiger partial charge in [0.15, 0.2) is 0 Å². The fraction of sp³-hybridized carbons (Fsp3) is 0.545. The maximum Gasteiger partial charge on any atom is 0.0798 e. The van der Waals surface area contributed by atoms with Crippen molar-refractivity contribution >= 4 is 11.3 Å². The third-order valence-electron chi connectivity index (χ3n) is 2.70. The second-order valence-corrected chi connectivity index (χ2v) is 4.68. The van der Waals surface area contributed by atoms with Gasteiger partial charge in [-0.05, 0) is 18.8 Å². The zero-order chi connectivity index (χ0) is 9.26. The van der Waals surface area contributed by atoms with Gasteiger partial charge in [-0.1, -0.05) is 26.0 Å². The van der Waals surface area contributed by atoms with Gasteiger partial charge in [0.25, 0.3) is 0 Å². The van der Waals surface area contributed by atoms with Gasteiger partial charge >= 0.3 is 0 Å². The SMILES string of the molecule is CC1/C=C/CCC(C)c2ncsc21. The number of hydrogen-bond donors (Lipinski definition) is 0. The molecule has 1 nitrogen and oxygen atoms in total. The maximum atomic E-state index is 4.47. The minimum absolute atomic E-state index is 0.560. The average Bonchev–Trinajstić information content (AvgIpc) is 2.57. The lowest BCUT2D eigenvalue weighted by molar-refractivity contribution is 0.655. The number of nitrogens with zero attached hydrogens (tertiary/aromatic N) is 1. The van der Waals surface area contributed by atoms with E-state index >= 15 is 0 Å². The molecule has 2 rings (SSSR count). The Morgan fingerprint density at radius 3 is 3.15 bits per heavy atom. The van der Waals surface area contributed by atoms with Crippen molar-refractivity contribution in [2.75, 3.05) is 0 Å². The van der Waals surface area contributed by atoms with E-state index in [9.17, 15) is 0 Å². The van der Waals surface area contributed by atoms with E-state index in [1.807, 2.05) is 5.51 Å². The van der Waals surface area contributed by atoms with E-state index in [4.69, 9.17) is 0 Å². The molecule has 0 fully saturated rings. The number of fused-ring (bicyclic) bond motifs is 1. The van der Waals surface area contributed by atoms with Crippen LogP contribution in [0.4, 0.5) is 0 Å². The average molecular weight is 193 g/mol. The van der Waals surface area contributed by atoms with Crippen molar-refractivity contribution in [1.29, 1.82) is 0 Å². The standard InChI is InChI=1S/C11H15NS/c1-8-5-3-4-6-9(2)11-10(8)12-7-13-11/h4,6-9H,3,5H2,1-2H3/b6-4+. The fourth-order valence-corrected chi connectivity index (χ4v) is 2.79. The maximum absolute atomic E-state index is 4.47. The Labute approximate surface area is 83.5 Å². The second kappa shape index (κ2) is 3.62. The molecular formula is C11H15NS. The number of hydrogen-bond acceptors (Lipinski definition) is 2. The first-order chi connectivity index (χ1) is 6.29. The zero-order valence-electron chi connectivity index (χ0n) is 8.16. The van der Waals surface area contributed by atoms with Crippen LogP contribution in [0.1, 0.15) is 49.1 Å². The molecule has 1 heterocycles. The van der Waals surface area contributed by atoms with Crippen LogP contribution in [0.3, 0.4) is 0 Å². The number of thiazole rings is 1. The molecule has 1 aliphatic rings. The quantitative estimate of drug-likeness (QED) is 0.572. The second-order valence-electron chi connectivity index (χ2n) is 3.80. The predicted molar refractivity (Wildman–Crippen MR) is 57.3 cm³/mol. The Hall–Kier alpha value is -0.630. The molecule has 2 heteroatoms. The lowest BCUT2D eigenvalue weighted by atomic mass is 9.93. The lowest BCUT2D eigenvalue weighted by Crippen LogP contribution is -2.01. The summed E-state index contributed by atoms with van der Waals surface area (Å²) < 4.78 is 0. The molecule has 2 unspecified atom stereocenters. The molecule has 0 N–H and O–H groups in total. The minimum atomic E-state index is 0.560. The van der Waals surface area contributed by atoms with Crippen molar-refractivity contribution in [3.63, 3.8) is 0 Å². The van der Waals surface area contributed by atoms with Crippen molar-refractivity contribution in [2.24, 2.45) is 0 Å². The van der Waals surface area contributed by atoms with E-state index in [1.165, 1.54) is 23.4 Å². The number of allylic oxidation sites excluding steroid dienone is 2. The first-order valence-electron chi connectivity index (χ1n) is 4.89. The molecule has 13 heavy (non-hydrogen) atoms. The fourth-order valence-electron chi connectivity index (χ4n) is 1.85. The molecule has 0 aliphatic heterocycles. The summed E-state index contributed by atoms with van der Waals surface area (Å²) in [6.07, 6.45) is 7.05. The summed E-state index contributed by atoms with van der Waals surface area (Å²) in [4.78, 5) is 5.94. The summed E-state index contributed by atoms with van der Waals surface area (Å²) in [5.74, 6) is 1.19. The molecule has 0 radical (unpaired) electrons. The highest BCUT2D eigenvalue weighted by molar-refractivity contribution is 7.09. The van der Waals surface area contributed by atoms with E-state index in [0.717, 1.165) is 0 Å². The molecule has 1 aliphatic carbocycles. The van der Waals surface area contributed by atoms with Crippen molar-refractivity contribution in [3.05, 3.63) is 28.2 Å². The Bertz CT molecular complexity index is 314. The van der Waals surface area contributed by atoms with Crippen LogP contribution in [0.25, 0.3) is 0 Å². The molecule has 0 saturated carbocycles. The molecule has 0 saturated heterocycles. The molecule has 0 bridgehead atoms. The van der Waals surface area contributed by atoms with E-state index in [2.05, 4.69) is 31.0 Å². The van der Waals surface area contributed by atoms with Gasteiger partial charge in [-0.25, -0.2) is 4.98 Å². The topological polar surface area (TPSA) is 12.9 Å². The van der Waals surface area contributed by atoms with Crippen LogP contribution in [0.2, 0.25) is 0 Å². The van der Waals surface area contributed by atoms with Gasteiger partial charge < -0.3 is 0 Å². The highest BCUT2D eigenvalue weighted by Crippen LogP contribution is 2.33. The van der Waals surface area contributed by atoms with Gasteiger partial charge in [0.1, 0.15) is 0 Å². The smallest absolute Gasteiger partial charge is 0.0798 e. The third kappa shape index (κ3) is 1.68. The summed E-state index contributed by atoms with van der Waals surface area (Å²) in [5.41, 5.74) is 3.32. The van der Waals surface area contributed by atoms with E-state index in [-0.39, 0.29) is 0 Å². The summed E-state index contributed by atoms with van der Waals surface area (Å²) in [7, 11) is 0. The van der Waals surface area contributed by atoms with Crippen LogP contribution in [0.15, 0.2) is 17.7 Å². The first-order valence-corrected chi connectivity index (χ1v) is 5.77. The van der Waals surface area contributed by atoms with Crippen molar-refractivity contribution in [3.8, 4) is 0 Å². The van der Waals surface area contributed by atoms with Gasteiger partial charge in [-0.15, -0.1) is 11.3 Å². The largest absolute Gasteiger partial charge is 0.249 e. The molecule has 2 atom stereocenters. The monoisotopic (exact) mass is 193 g/mol. The Kier molecular flexibility index (Phi) is 2.49. The van der Waals surface area contributed by atoms with Crippen LogP contribution in [0.5, 0.6) is 0 Å².